The van der Waals surface area contributed by atoms with Gasteiger partial charge in [-0.3, -0.25) is 14.5 Å². The van der Waals surface area contributed by atoms with E-state index in [0.717, 1.165) is 17.0 Å². The first-order chi connectivity index (χ1) is 13.6. The molecular formula is C20H25N3O4S2. The van der Waals surface area contributed by atoms with E-state index in [1.807, 2.05) is 0 Å². The monoisotopic (exact) mass is 435 g/mol. The number of nitrogens with one attached hydrogen (secondary N) is 1. The Balaban J connectivity index is 1.92. The number of hydrogen-bond donors (Lipinski definition) is 2. The third-order valence-electron chi connectivity index (χ3n) is 5.13. The van der Waals surface area contributed by atoms with E-state index in [-0.39, 0.29) is 16.2 Å². The van der Waals surface area contributed by atoms with Gasteiger partial charge in [-0.25, -0.2) is 8.42 Å². The summed E-state index contributed by atoms with van der Waals surface area (Å²) < 4.78 is 24.2. The fourth-order valence-electron chi connectivity index (χ4n) is 3.39. The second-order valence-corrected chi connectivity index (χ2v) is 10.7. The number of carbonyl (C=O) groups is 2. The highest BCUT2D eigenvalue weighted by Crippen LogP contribution is 2.37. The number of benzene rings is 1. The molecule has 0 spiro atoms. The van der Waals surface area contributed by atoms with Crippen LogP contribution in [0.4, 0.5) is 5.00 Å². The number of anilines is 1. The highest BCUT2D eigenvalue weighted by Gasteiger charge is 2.28. The molecule has 0 aliphatic carbocycles. The van der Waals surface area contributed by atoms with Crippen molar-refractivity contribution in [3.63, 3.8) is 0 Å². The topological polar surface area (TPSA) is 110 Å². The van der Waals surface area contributed by atoms with Gasteiger partial charge in [0, 0.05) is 29.6 Å². The van der Waals surface area contributed by atoms with E-state index < -0.39 is 21.7 Å². The summed E-state index contributed by atoms with van der Waals surface area (Å²) in [6.45, 7) is 7.32. The van der Waals surface area contributed by atoms with Gasteiger partial charge < -0.3 is 11.1 Å². The Hall–Kier alpha value is -2.23. The van der Waals surface area contributed by atoms with Gasteiger partial charge in [-0.05, 0) is 44.0 Å². The van der Waals surface area contributed by atoms with E-state index in [2.05, 4.69) is 24.1 Å². The standard InChI is InChI=1S/C20H25N3O4S2/c1-4-29(26,27)14-7-5-6-13(10-14)19(25)22-20-17(18(21)24)15-8-9-23(12(2)3)11-16(15)28-20/h5-7,10,12H,4,8-9,11H2,1-3H3,(H2,21,24)(H,22,25). The number of amides is 2. The molecule has 3 rings (SSSR count). The van der Waals surface area contributed by atoms with Crippen LogP contribution in [0.15, 0.2) is 29.2 Å². The maximum absolute atomic E-state index is 12.8. The number of fused-ring (bicyclic) bond motifs is 1. The van der Waals surface area contributed by atoms with E-state index in [4.69, 9.17) is 5.73 Å². The molecule has 0 saturated heterocycles. The van der Waals surface area contributed by atoms with Crippen molar-refractivity contribution in [1.82, 2.24) is 4.90 Å². The molecule has 1 aliphatic heterocycles. The van der Waals surface area contributed by atoms with Gasteiger partial charge in [-0.2, -0.15) is 0 Å². The normalized spacial score (nSPS) is 14.6. The summed E-state index contributed by atoms with van der Waals surface area (Å²) in [5.74, 6) is -1.09. The summed E-state index contributed by atoms with van der Waals surface area (Å²) in [7, 11) is -3.42. The number of nitrogens with zero attached hydrogens (tertiary/aromatic N) is 1. The summed E-state index contributed by atoms with van der Waals surface area (Å²) in [6, 6.07) is 6.28. The molecule has 0 bridgehead atoms. The molecule has 0 unspecified atom stereocenters. The van der Waals surface area contributed by atoms with Crippen LogP contribution in [0.2, 0.25) is 0 Å². The summed E-state index contributed by atoms with van der Waals surface area (Å²) >= 11 is 1.36. The third kappa shape index (κ3) is 4.36. The number of nitrogens with two attached hydrogens (primary N) is 1. The van der Waals surface area contributed by atoms with Crippen LogP contribution in [-0.2, 0) is 22.8 Å². The Morgan fingerprint density at radius 2 is 2.03 bits per heavy atom. The summed E-state index contributed by atoms with van der Waals surface area (Å²) in [6.07, 6.45) is 0.697. The lowest BCUT2D eigenvalue weighted by Crippen LogP contribution is -2.35. The van der Waals surface area contributed by atoms with Crippen LogP contribution < -0.4 is 11.1 Å². The van der Waals surface area contributed by atoms with E-state index in [1.165, 1.54) is 29.5 Å². The van der Waals surface area contributed by atoms with Crippen molar-refractivity contribution in [1.29, 1.82) is 0 Å². The van der Waals surface area contributed by atoms with Crippen LogP contribution in [0.3, 0.4) is 0 Å². The fourth-order valence-corrected chi connectivity index (χ4v) is 5.58. The third-order valence-corrected chi connectivity index (χ3v) is 7.99. The number of sulfone groups is 1. The molecule has 1 aliphatic rings. The maximum atomic E-state index is 12.8. The van der Waals surface area contributed by atoms with Crippen molar-refractivity contribution in [3.05, 3.63) is 45.8 Å². The van der Waals surface area contributed by atoms with Gasteiger partial charge in [0.25, 0.3) is 11.8 Å². The molecule has 2 amide bonds. The van der Waals surface area contributed by atoms with Crippen molar-refractivity contribution in [2.75, 3.05) is 17.6 Å². The molecule has 1 aromatic carbocycles. The van der Waals surface area contributed by atoms with Gasteiger partial charge in [0.2, 0.25) is 0 Å². The van der Waals surface area contributed by atoms with Crippen LogP contribution in [0.25, 0.3) is 0 Å². The molecule has 1 aromatic heterocycles. The van der Waals surface area contributed by atoms with Gasteiger partial charge in [0.15, 0.2) is 9.84 Å². The zero-order valence-corrected chi connectivity index (χ0v) is 18.3. The molecule has 0 atom stereocenters. The molecule has 0 fully saturated rings. The SMILES string of the molecule is CCS(=O)(=O)c1cccc(C(=O)Nc2sc3c(c2C(N)=O)CCN(C(C)C)C3)c1. The highest BCUT2D eigenvalue weighted by atomic mass is 32.2. The van der Waals surface area contributed by atoms with Crippen molar-refractivity contribution in [3.8, 4) is 0 Å². The largest absolute Gasteiger partial charge is 0.365 e. The molecule has 3 N–H and O–H groups in total. The lowest BCUT2D eigenvalue weighted by atomic mass is 10.0. The summed E-state index contributed by atoms with van der Waals surface area (Å²) in [4.78, 5) is 28.3. The predicted octanol–water partition coefficient (Wildman–Crippen LogP) is 2.66. The number of primary amides is 1. The molecule has 2 heterocycles. The second-order valence-electron chi connectivity index (χ2n) is 7.27. The minimum absolute atomic E-state index is 0.0477. The Labute approximate surface area is 174 Å². The zero-order valence-electron chi connectivity index (χ0n) is 16.7. The van der Waals surface area contributed by atoms with Crippen molar-refractivity contribution >= 4 is 38.0 Å². The van der Waals surface area contributed by atoms with Gasteiger partial charge in [0.1, 0.15) is 5.00 Å². The Kier molecular flexibility index (Phi) is 6.11. The number of rotatable bonds is 6. The smallest absolute Gasteiger partial charge is 0.256 e. The fraction of sp³-hybridized carbons (Fsp3) is 0.400. The molecule has 156 valence electrons. The first kappa shape index (κ1) is 21.5. The second kappa shape index (κ2) is 8.25. The highest BCUT2D eigenvalue weighted by molar-refractivity contribution is 7.91. The van der Waals surface area contributed by atoms with Crippen LogP contribution in [0.1, 0.15) is 51.9 Å². The molecular weight excluding hydrogens is 410 g/mol. The van der Waals surface area contributed by atoms with Gasteiger partial charge >= 0.3 is 0 Å². The van der Waals surface area contributed by atoms with Crippen LogP contribution in [0, 0.1) is 0 Å². The van der Waals surface area contributed by atoms with E-state index in [0.29, 0.717) is 29.6 Å². The quantitative estimate of drug-likeness (QED) is 0.725. The van der Waals surface area contributed by atoms with Crippen molar-refractivity contribution in [2.45, 2.75) is 44.7 Å². The average Bonchev–Trinajstić information content (AvgIpc) is 3.05. The van der Waals surface area contributed by atoms with Crippen molar-refractivity contribution < 1.29 is 18.0 Å². The Bertz CT molecular complexity index is 1060. The van der Waals surface area contributed by atoms with Gasteiger partial charge in [-0.1, -0.05) is 13.0 Å². The predicted molar refractivity (Wildman–Crippen MR) is 114 cm³/mol. The summed E-state index contributed by atoms with van der Waals surface area (Å²) in [5.41, 5.74) is 7.09. The summed E-state index contributed by atoms with van der Waals surface area (Å²) in [5, 5.41) is 3.19. The van der Waals surface area contributed by atoms with E-state index in [9.17, 15) is 18.0 Å². The molecule has 9 heteroatoms. The number of thiophene rings is 1. The molecule has 0 radical (unpaired) electrons. The maximum Gasteiger partial charge on any atom is 0.256 e. The first-order valence-electron chi connectivity index (χ1n) is 9.46. The van der Waals surface area contributed by atoms with Gasteiger partial charge in [0.05, 0.1) is 16.2 Å². The number of carbonyl (C=O) groups excluding carboxylic acids is 2. The minimum Gasteiger partial charge on any atom is -0.365 e. The Morgan fingerprint density at radius 1 is 1.31 bits per heavy atom. The van der Waals surface area contributed by atoms with Crippen LogP contribution in [0.5, 0.6) is 0 Å². The average molecular weight is 436 g/mol. The molecule has 29 heavy (non-hydrogen) atoms. The van der Waals surface area contributed by atoms with E-state index in [1.54, 1.807) is 13.0 Å². The molecule has 2 aromatic rings. The van der Waals surface area contributed by atoms with Crippen molar-refractivity contribution in [2.24, 2.45) is 5.73 Å². The van der Waals surface area contributed by atoms with E-state index >= 15 is 0 Å². The zero-order chi connectivity index (χ0) is 21.3. The minimum atomic E-state index is -3.42. The molecule has 7 nitrogen and oxygen atoms in total. The number of hydrogen-bond acceptors (Lipinski definition) is 6. The van der Waals surface area contributed by atoms with Gasteiger partial charge in [-0.15, -0.1) is 11.3 Å². The lowest BCUT2D eigenvalue weighted by Gasteiger charge is -2.30. The Morgan fingerprint density at radius 3 is 2.66 bits per heavy atom. The lowest BCUT2D eigenvalue weighted by molar-refractivity contribution is 0.0999. The van der Waals surface area contributed by atoms with Crippen LogP contribution in [-0.4, -0.2) is 43.5 Å². The molecule has 0 saturated carbocycles. The first-order valence-corrected chi connectivity index (χ1v) is 11.9. The van der Waals surface area contributed by atoms with Crippen LogP contribution >= 0.6 is 11.3 Å².